The van der Waals surface area contributed by atoms with Crippen LogP contribution in [0.15, 0.2) is 505 Å². The zero-order valence-electron chi connectivity index (χ0n) is 75.5. The molecule has 9 heterocycles. The van der Waals surface area contributed by atoms with Crippen molar-refractivity contribution in [1.82, 2.24) is 43.1 Å². The average molecular weight is 1790 g/mol. The predicted octanol–water partition coefficient (Wildman–Crippen LogP) is 33.5. The Bertz CT molecular complexity index is 9420. The summed E-state index contributed by atoms with van der Waals surface area (Å²) in [5.41, 5.74) is 37.5. The second-order valence-corrected chi connectivity index (χ2v) is 35.2. The van der Waals surface area contributed by atoms with Crippen LogP contribution in [-0.2, 0) is 0 Å². The molecule has 0 unspecified atom stereocenters. The van der Waals surface area contributed by atoms with E-state index in [-0.39, 0.29) is 0 Å². The highest BCUT2D eigenvalue weighted by molar-refractivity contribution is 6.10. The van der Waals surface area contributed by atoms with Crippen LogP contribution in [0.1, 0.15) is 0 Å². The molecule has 0 saturated heterocycles. The molecule has 0 atom stereocenters. The van der Waals surface area contributed by atoms with Gasteiger partial charge in [-0.15, -0.1) is 0 Å². The van der Waals surface area contributed by atoms with Crippen LogP contribution in [-0.4, -0.2) is 43.1 Å². The van der Waals surface area contributed by atoms with E-state index in [1.807, 2.05) is 109 Å². The maximum atomic E-state index is 6.49. The zero-order chi connectivity index (χ0) is 92.5. The normalized spacial score (nSPS) is 11.6. The van der Waals surface area contributed by atoms with Gasteiger partial charge in [0.05, 0.1) is 84.0 Å². The lowest BCUT2D eigenvalue weighted by molar-refractivity contribution is 0.658. The van der Waals surface area contributed by atoms with Crippen LogP contribution in [0.25, 0.3) is 262 Å². The summed E-state index contributed by atoms with van der Waals surface area (Å²) in [5.74, 6) is 2.12. The molecule has 9 aromatic heterocycles. The molecule has 0 fully saturated rings. The van der Waals surface area contributed by atoms with Gasteiger partial charge in [0.25, 0.3) is 0 Å². The number of aromatic nitrogens is 9. The number of nitrogens with zero attached hydrogens (tertiary/aromatic N) is 9. The number of rotatable bonds is 14. The lowest BCUT2D eigenvalue weighted by Gasteiger charge is -2.11. The van der Waals surface area contributed by atoms with Crippen molar-refractivity contribution < 1.29 is 13.3 Å². The van der Waals surface area contributed by atoms with Gasteiger partial charge in [0.15, 0.2) is 34.2 Å². The Balaban J connectivity index is 0.000000108. The van der Waals surface area contributed by atoms with E-state index in [0.717, 1.165) is 218 Å². The van der Waals surface area contributed by atoms with Crippen molar-refractivity contribution in [2.75, 3.05) is 0 Å². The van der Waals surface area contributed by atoms with E-state index in [0.29, 0.717) is 17.5 Å². The first kappa shape index (κ1) is 81.7. The van der Waals surface area contributed by atoms with Crippen molar-refractivity contribution in [3.05, 3.63) is 491 Å². The third-order valence-electron chi connectivity index (χ3n) is 26.6. The average Bonchev–Trinajstić information content (AvgIpc) is 1.57. The molecular weight excluding hydrogens is 1710 g/mol. The van der Waals surface area contributed by atoms with Gasteiger partial charge in [-0.05, 0) is 164 Å². The summed E-state index contributed by atoms with van der Waals surface area (Å²) in [7, 11) is 0. The number of hydrogen-bond acceptors (Lipinski definition) is 9. The van der Waals surface area contributed by atoms with Crippen LogP contribution in [0.3, 0.4) is 0 Å². The summed E-state index contributed by atoms with van der Waals surface area (Å²) in [6.45, 7) is 0. The third kappa shape index (κ3) is 14.9. The minimum Gasteiger partial charge on any atom is -0.438 e. The molecule has 0 aliphatic rings. The maximum absolute atomic E-state index is 6.49. The van der Waals surface area contributed by atoms with Crippen LogP contribution in [0.5, 0.6) is 0 Å². The molecule has 0 N–H and O–H groups in total. The molecule has 19 aromatic carbocycles. The fraction of sp³-hybridized carbons (Fsp3) is 0. The lowest BCUT2D eigenvalue weighted by Crippen LogP contribution is -1.96. The molecule has 12 nitrogen and oxygen atoms in total. The first-order valence-electron chi connectivity index (χ1n) is 47.0. The van der Waals surface area contributed by atoms with Gasteiger partial charge in [0, 0.05) is 66.2 Å². The summed E-state index contributed by atoms with van der Waals surface area (Å²) in [4.78, 5) is 30.3. The highest BCUT2D eigenvalue weighted by Gasteiger charge is 2.26. The molecule has 140 heavy (non-hydrogen) atoms. The molecule has 0 bridgehead atoms. The minimum atomic E-state index is 0.702. The predicted molar refractivity (Wildman–Crippen MR) is 572 cm³/mol. The number of benzene rings is 19. The van der Waals surface area contributed by atoms with Crippen LogP contribution in [0.2, 0.25) is 0 Å². The molecule has 0 radical (unpaired) electrons. The van der Waals surface area contributed by atoms with Gasteiger partial charge < -0.3 is 13.3 Å². The Morgan fingerprint density at radius 1 is 0.143 bits per heavy atom. The van der Waals surface area contributed by atoms with E-state index in [1.165, 1.54) is 26.9 Å². The molecular formula is C128H81N9O3. The second kappa shape index (κ2) is 34.8. The quantitative estimate of drug-likeness (QED) is 0.104. The molecule has 0 saturated carbocycles. The van der Waals surface area contributed by atoms with Gasteiger partial charge >= 0.3 is 0 Å². The summed E-state index contributed by atoms with van der Waals surface area (Å²) in [6, 6.07) is 171. The number of hydrogen-bond donors (Lipinski definition) is 0. The van der Waals surface area contributed by atoms with Crippen LogP contribution in [0, 0.1) is 0 Å². The third-order valence-corrected chi connectivity index (χ3v) is 26.6. The largest absolute Gasteiger partial charge is 0.438 e. The summed E-state index contributed by atoms with van der Waals surface area (Å²) in [5, 5.41) is 8.25. The van der Waals surface area contributed by atoms with Crippen molar-refractivity contribution >= 4 is 105 Å². The smallest absolute Gasteiger partial charge is 0.213 e. The standard InChI is InChI=1S/C44H27N3O.2C42H27N3O/c1-3-11-32-25-34(23-17-28(32)9-1)38-27-37(45-43(46-38)35-24-18-29-10-2-4-12-33(29)26-35)30-19-21-31(22-20-30)42-36-13-5-6-14-39(36)47-40-15-7-8-16-41(40)48-44(42)47;1-3-13-28(14-4-1)35-27-36(44-41(43-35)29-15-5-2-6-16-29)32-19-11-17-30(25-32)31-18-12-20-33(26-31)40-34-21-7-8-22-37(34)45-38-23-9-10-24-39(38)46-42(40)45;1-3-12-29(13-4-1)35-27-36(44-41(43-35)31-14-5-2-6-15-31)33-17-11-16-32(26-33)28-22-24-30(25-23-28)40-34-18-7-8-19-37(34)45-38-20-9-10-21-39(38)46-42(40)45/h1-27H;2*1-27H. The van der Waals surface area contributed by atoms with Crippen molar-refractivity contribution in [2.24, 2.45) is 0 Å². The second-order valence-electron chi connectivity index (χ2n) is 35.2. The Morgan fingerprint density at radius 2 is 0.386 bits per heavy atom. The molecule has 0 spiro atoms. The Morgan fingerprint density at radius 3 is 0.786 bits per heavy atom. The Labute approximate surface area is 804 Å². The van der Waals surface area contributed by atoms with E-state index >= 15 is 0 Å². The lowest BCUT2D eigenvalue weighted by atomic mass is 9.96. The van der Waals surface area contributed by atoms with Crippen molar-refractivity contribution in [2.45, 2.75) is 0 Å². The van der Waals surface area contributed by atoms with Crippen LogP contribution < -0.4 is 0 Å². The SMILES string of the molecule is c1ccc(-c2cc(-c3cccc(-c4ccc(-c5c6ccccc6n6c5oc5ccccc56)cc4)c3)nc(-c3ccccc3)n2)cc1.c1ccc(-c2cc(-c3cccc(-c4cccc(-c5c6ccccc6n6c5oc5ccccc56)c4)c3)nc(-c3ccccc3)n2)cc1.c1ccc2cc(-c3cc(-c4ccc(-c5c6ccccc6n6c5oc5ccccc56)cc4)nc(-c4ccc5ccccc5c4)n3)ccc2c1. The fourth-order valence-electron chi connectivity index (χ4n) is 19.9. The molecule has 0 amide bonds. The van der Waals surface area contributed by atoms with Gasteiger partial charge in [-0.2, -0.15) is 0 Å². The number of fused-ring (bicyclic) bond motifs is 17. The molecule has 0 aliphatic carbocycles. The first-order valence-corrected chi connectivity index (χ1v) is 47.0. The summed E-state index contributed by atoms with van der Waals surface area (Å²) in [6.07, 6.45) is 0. The molecule has 28 aromatic rings. The first-order chi connectivity index (χ1) is 69.4. The topological polar surface area (TPSA) is 130 Å². The van der Waals surface area contributed by atoms with Crippen molar-refractivity contribution in [1.29, 1.82) is 0 Å². The van der Waals surface area contributed by atoms with E-state index in [1.54, 1.807) is 0 Å². The summed E-state index contributed by atoms with van der Waals surface area (Å²) < 4.78 is 26.1. The van der Waals surface area contributed by atoms with Gasteiger partial charge in [-0.25, -0.2) is 29.9 Å². The van der Waals surface area contributed by atoms with Gasteiger partial charge in [-0.3, -0.25) is 13.2 Å². The van der Waals surface area contributed by atoms with Crippen molar-refractivity contribution in [3.63, 3.8) is 0 Å². The monoisotopic (exact) mass is 1790 g/mol. The van der Waals surface area contributed by atoms with Crippen LogP contribution in [0.4, 0.5) is 0 Å². The maximum Gasteiger partial charge on any atom is 0.213 e. The van der Waals surface area contributed by atoms with Crippen LogP contribution >= 0.6 is 0 Å². The van der Waals surface area contributed by atoms with Gasteiger partial charge in [0.1, 0.15) is 0 Å². The molecule has 28 rings (SSSR count). The van der Waals surface area contributed by atoms with Gasteiger partial charge in [0.2, 0.25) is 17.1 Å². The number of para-hydroxylation sites is 9. The van der Waals surface area contributed by atoms with E-state index in [2.05, 4.69) is 395 Å². The van der Waals surface area contributed by atoms with Gasteiger partial charge in [-0.1, -0.05) is 388 Å². The zero-order valence-corrected chi connectivity index (χ0v) is 75.5. The fourth-order valence-corrected chi connectivity index (χ4v) is 19.9. The molecule has 0 aliphatic heterocycles. The van der Waals surface area contributed by atoms with E-state index in [4.69, 9.17) is 43.2 Å². The highest BCUT2D eigenvalue weighted by atomic mass is 16.4. The number of oxazole rings is 3. The highest BCUT2D eigenvalue weighted by Crippen LogP contribution is 2.46. The summed E-state index contributed by atoms with van der Waals surface area (Å²) >= 11 is 0. The van der Waals surface area contributed by atoms with E-state index in [9.17, 15) is 0 Å². The molecule has 12 heteroatoms. The minimum absolute atomic E-state index is 0.702. The van der Waals surface area contributed by atoms with E-state index < -0.39 is 0 Å². The van der Waals surface area contributed by atoms with Crippen molar-refractivity contribution in [3.8, 4) is 157 Å². The Hall–Kier alpha value is -19.0. The molecule has 656 valence electrons. The Kier molecular flexibility index (Phi) is 20.3.